The normalized spacial score (nSPS) is 11.4. The van der Waals surface area contributed by atoms with Gasteiger partial charge in [-0.05, 0) is 43.7 Å². The summed E-state index contributed by atoms with van der Waals surface area (Å²) in [4.78, 5) is 16.0. The molecule has 7 heteroatoms. The van der Waals surface area contributed by atoms with Gasteiger partial charge in [-0.15, -0.1) is 0 Å². The summed E-state index contributed by atoms with van der Waals surface area (Å²) in [6.07, 6.45) is 3.47. The minimum absolute atomic E-state index is 0.454. The molecule has 0 saturated heterocycles. The molecule has 144 valence electrons. The minimum Gasteiger partial charge on any atom is -0.382 e. The van der Waals surface area contributed by atoms with Crippen LogP contribution in [0.5, 0.6) is 0 Å². The van der Waals surface area contributed by atoms with Gasteiger partial charge in [0.1, 0.15) is 29.0 Å². The first kappa shape index (κ1) is 18.2. The molecule has 0 aliphatic carbocycles. The lowest BCUT2D eigenvalue weighted by molar-refractivity contribution is 0.762. The Labute approximate surface area is 164 Å². The van der Waals surface area contributed by atoms with E-state index in [1.165, 1.54) is 16.7 Å². The Morgan fingerprint density at radius 3 is 2.64 bits per heavy atom. The van der Waals surface area contributed by atoms with Crippen molar-refractivity contribution in [3.63, 3.8) is 0 Å². The fourth-order valence-electron chi connectivity index (χ4n) is 3.64. The number of aryl methyl sites for hydroxylation is 2. The summed E-state index contributed by atoms with van der Waals surface area (Å²) in [5.74, 6) is 1.34. The highest BCUT2D eigenvalue weighted by Crippen LogP contribution is 2.35. The maximum Gasteiger partial charge on any atom is 0.167 e. The van der Waals surface area contributed by atoms with Crippen LogP contribution in [0.3, 0.4) is 0 Å². The lowest BCUT2D eigenvalue weighted by atomic mass is 9.95. The van der Waals surface area contributed by atoms with Gasteiger partial charge >= 0.3 is 0 Å². The molecular weight excluding hydrogens is 350 g/mol. The van der Waals surface area contributed by atoms with E-state index in [1.807, 2.05) is 11.4 Å². The predicted octanol–water partition coefficient (Wildman–Crippen LogP) is 2.80. The molecule has 4 rings (SSSR count). The first-order chi connectivity index (χ1) is 13.5. The third-order valence-electron chi connectivity index (χ3n) is 5.16. The van der Waals surface area contributed by atoms with Crippen molar-refractivity contribution in [2.75, 3.05) is 37.8 Å². The Morgan fingerprint density at radius 2 is 1.93 bits per heavy atom. The molecule has 0 aliphatic heterocycles. The Morgan fingerprint density at radius 1 is 1.18 bits per heavy atom. The summed E-state index contributed by atoms with van der Waals surface area (Å²) in [6, 6.07) is 8.44. The quantitative estimate of drug-likeness (QED) is 0.558. The van der Waals surface area contributed by atoms with Crippen LogP contribution in [-0.4, -0.2) is 46.5 Å². The van der Waals surface area contributed by atoms with Crippen LogP contribution in [0.4, 0.5) is 11.6 Å². The number of nitrogens with one attached hydrogen (secondary N) is 1. The number of hydrogen-bond donors (Lipinski definition) is 2. The molecule has 4 aromatic rings. The van der Waals surface area contributed by atoms with Crippen LogP contribution in [0.25, 0.3) is 27.8 Å². The summed E-state index contributed by atoms with van der Waals surface area (Å²) in [5.41, 5.74) is 13.1. The van der Waals surface area contributed by atoms with E-state index in [4.69, 9.17) is 15.7 Å². The molecule has 0 spiro atoms. The van der Waals surface area contributed by atoms with Gasteiger partial charge in [0.25, 0.3) is 0 Å². The van der Waals surface area contributed by atoms with Crippen LogP contribution in [0.15, 0.2) is 36.8 Å². The van der Waals surface area contributed by atoms with Gasteiger partial charge in [0.05, 0.1) is 6.20 Å². The molecule has 0 saturated carbocycles. The van der Waals surface area contributed by atoms with Crippen molar-refractivity contribution in [3.05, 3.63) is 47.9 Å². The molecule has 0 amide bonds. The Kier molecular flexibility index (Phi) is 4.60. The second kappa shape index (κ2) is 7.09. The third kappa shape index (κ3) is 2.93. The van der Waals surface area contributed by atoms with Gasteiger partial charge in [0.15, 0.2) is 5.65 Å². The van der Waals surface area contributed by atoms with Crippen molar-refractivity contribution in [2.24, 2.45) is 0 Å². The van der Waals surface area contributed by atoms with E-state index < -0.39 is 0 Å². The number of aromatic nitrogens is 4. The molecule has 3 aromatic heterocycles. The second-order valence-corrected chi connectivity index (χ2v) is 7.14. The van der Waals surface area contributed by atoms with Gasteiger partial charge in [-0.1, -0.05) is 18.2 Å². The maximum absolute atomic E-state index is 6.23. The monoisotopic (exact) mass is 375 g/mol. The van der Waals surface area contributed by atoms with E-state index >= 15 is 0 Å². The Bertz CT molecular complexity index is 1140. The zero-order valence-corrected chi connectivity index (χ0v) is 16.7. The van der Waals surface area contributed by atoms with Gasteiger partial charge in [-0.2, -0.15) is 0 Å². The zero-order valence-electron chi connectivity index (χ0n) is 16.7. The molecule has 0 radical (unpaired) electrons. The third-order valence-corrected chi connectivity index (χ3v) is 5.16. The Balaban J connectivity index is 2.08. The number of fused-ring (bicyclic) bond motifs is 3. The fraction of sp³-hybridized carbons (Fsp3) is 0.286. The smallest absolute Gasteiger partial charge is 0.167 e. The molecule has 0 fully saturated rings. The van der Waals surface area contributed by atoms with Crippen LogP contribution in [0.2, 0.25) is 0 Å². The van der Waals surface area contributed by atoms with Gasteiger partial charge in [-0.25, -0.2) is 15.0 Å². The van der Waals surface area contributed by atoms with Crippen molar-refractivity contribution in [2.45, 2.75) is 13.8 Å². The van der Waals surface area contributed by atoms with Crippen molar-refractivity contribution in [1.82, 2.24) is 24.7 Å². The summed E-state index contributed by atoms with van der Waals surface area (Å²) < 4.78 is 1.92. The van der Waals surface area contributed by atoms with Crippen molar-refractivity contribution >= 4 is 28.3 Å². The molecule has 0 atom stereocenters. The van der Waals surface area contributed by atoms with E-state index in [-0.39, 0.29) is 0 Å². The predicted molar refractivity (Wildman–Crippen MR) is 115 cm³/mol. The number of pyridine rings is 1. The molecule has 0 unspecified atom stereocenters. The topological polar surface area (TPSA) is 84.4 Å². The minimum atomic E-state index is 0.454. The number of benzene rings is 1. The molecule has 0 aliphatic rings. The van der Waals surface area contributed by atoms with Crippen molar-refractivity contribution in [3.8, 4) is 11.1 Å². The largest absolute Gasteiger partial charge is 0.382 e. The van der Waals surface area contributed by atoms with E-state index in [0.717, 1.165) is 41.2 Å². The summed E-state index contributed by atoms with van der Waals surface area (Å²) >= 11 is 0. The van der Waals surface area contributed by atoms with Gasteiger partial charge in [-0.3, -0.25) is 4.40 Å². The number of imidazole rings is 1. The number of nitrogen functional groups attached to an aromatic ring is 1. The van der Waals surface area contributed by atoms with Crippen molar-refractivity contribution in [1.29, 1.82) is 0 Å². The molecule has 1 aromatic carbocycles. The summed E-state index contributed by atoms with van der Waals surface area (Å²) in [7, 11) is 4.00. The number of likely N-dealkylation sites (N-methyl/N-ethyl adjacent to an activating group) is 2. The SMILES string of the molecule is CNCCN(C)c1cc(-c2c(C)cccc2C)c2nc(N)c3cncn3c2n1. The number of hydrogen-bond acceptors (Lipinski definition) is 6. The van der Waals surface area contributed by atoms with E-state index in [9.17, 15) is 0 Å². The van der Waals surface area contributed by atoms with E-state index in [0.29, 0.717) is 5.82 Å². The number of rotatable bonds is 5. The number of anilines is 2. The summed E-state index contributed by atoms with van der Waals surface area (Å²) in [6.45, 7) is 5.96. The maximum atomic E-state index is 6.23. The highest BCUT2D eigenvalue weighted by molar-refractivity contribution is 5.96. The zero-order chi connectivity index (χ0) is 19.8. The summed E-state index contributed by atoms with van der Waals surface area (Å²) in [5, 5.41) is 3.19. The molecule has 3 N–H and O–H groups in total. The first-order valence-corrected chi connectivity index (χ1v) is 9.36. The molecular formula is C21H25N7. The lowest BCUT2D eigenvalue weighted by Gasteiger charge is -2.21. The fourth-order valence-corrected chi connectivity index (χ4v) is 3.64. The van der Waals surface area contributed by atoms with E-state index in [1.54, 1.807) is 12.5 Å². The Hall–Kier alpha value is -3.19. The highest BCUT2D eigenvalue weighted by atomic mass is 15.2. The van der Waals surface area contributed by atoms with Gasteiger partial charge in [0.2, 0.25) is 0 Å². The average Bonchev–Trinajstić information content (AvgIpc) is 3.17. The molecule has 28 heavy (non-hydrogen) atoms. The first-order valence-electron chi connectivity index (χ1n) is 9.36. The van der Waals surface area contributed by atoms with Crippen LogP contribution in [0.1, 0.15) is 11.1 Å². The molecule has 3 heterocycles. The van der Waals surface area contributed by atoms with Crippen LogP contribution < -0.4 is 16.0 Å². The van der Waals surface area contributed by atoms with Crippen LogP contribution in [-0.2, 0) is 0 Å². The molecule has 0 bridgehead atoms. The van der Waals surface area contributed by atoms with Crippen LogP contribution >= 0.6 is 0 Å². The number of nitrogens with two attached hydrogens (primary N) is 1. The second-order valence-electron chi connectivity index (χ2n) is 7.14. The van der Waals surface area contributed by atoms with Crippen molar-refractivity contribution < 1.29 is 0 Å². The highest BCUT2D eigenvalue weighted by Gasteiger charge is 2.18. The standard InChI is InChI=1S/C21H25N7/c1-13-6-5-7-14(2)18(13)15-10-17(27(4)9-8-23-3)25-21-19(15)26-20(22)16-11-24-12-28(16)21/h5-7,10-12,23H,8-9H2,1-4H3,(H2,22,26). The average molecular weight is 375 g/mol. The lowest BCUT2D eigenvalue weighted by Crippen LogP contribution is -2.27. The van der Waals surface area contributed by atoms with Gasteiger partial charge < -0.3 is 16.0 Å². The van der Waals surface area contributed by atoms with Gasteiger partial charge in [0, 0.05) is 25.7 Å². The van der Waals surface area contributed by atoms with E-state index in [2.05, 4.69) is 60.4 Å². The number of nitrogens with zero attached hydrogens (tertiary/aromatic N) is 5. The molecule has 7 nitrogen and oxygen atoms in total. The van der Waals surface area contributed by atoms with Crippen LogP contribution in [0, 0.1) is 13.8 Å².